The molecular formula is C99H80ClF8N27O13S. The Morgan fingerprint density at radius 1 is 0.403 bits per heavy atom. The molecule has 758 valence electrons. The van der Waals surface area contributed by atoms with E-state index in [-0.39, 0.29) is 175 Å². The maximum atomic E-state index is 14.3. The van der Waals surface area contributed by atoms with Crippen molar-refractivity contribution in [3.63, 3.8) is 0 Å². The summed E-state index contributed by atoms with van der Waals surface area (Å²) in [6, 6.07) is 32.5. The summed E-state index contributed by atoms with van der Waals surface area (Å²) in [5.74, 6) is -5.89. The quantitative estimate of drug-likeness (QED) is 0.0406. The highest BCUT2D eigenvalue weighted by atomic mass is 35.5. The number of primary amides is 2. The van der Waals surface area contributed by atoms with E-state index in [0.717, 1.165) is 46.7 Å². The van der Waals surface area contributed by atoms with Crippen LogP contribution in [-0.4, -0.2) is 132 Å². The van der Waals surface area contributed by atoms with Crippen LogP contribution >= 0.6 is 11.6 Å². The second kappa shape index (κ2) is 41.7. The number of benzene rings is 5. The van der Waals surface area contributed by atoms with Gasteiger partial charge in [-0.05, 0) is 120 Å². The molecule has 1 aliphatic heterocycles. The molecule has 0 unspecified atom stereocenters. The molecule has 19 rings (SSSR count). The summed E-state index contributed by atoms with van der Waals surface area (Å²) < 4.78 is 149. The fourth-order valence-electron chi connectivity index (χ4n) is 16.2. The van der Waals surface area contributed by atoms with Crippen molar-refractivity contribution in [3.8, 4) is 121 Å². The average molecular weight is 2080 g/mol. The van der Waals surface area contributed by atoms with E-state index in [1.807, 2.05) is 84.0 Å². The van der Waals surface area contributed by atoms with Crippen molar-refractivity contribution in [1.82, 2.24) is 92.6 Å². The van der Waals surface area contributed by atoms with Gasteiger partial charge in [0.1, 0.15) is 97.9 Å². The number of sulfone groups is 1. The molecule has 0 spiro atoms. The molecule has 14 heterocycles. The average Bonchev–Trinajstić information content (AvgIpc) is 1.72. The van der Waals surface area contributed by atoms with Gasteiger partial charge in [-0.25, -0.2) is 78.6 Å². The number of nitriles is 6. The second-order valence-corrected chi connectivity index (χ2v) is 37.3. The van der Waals surface area contributed by atoms with Crippen LogP contribution in [0.25, 0.3) is 101 Å². The minimum Gasteiger partial charge on any atom is -0.404 e. The first kappa shape index (κ1) is 106. The molecule has 18 aromatic rings. The van der Waals surface area contributed by atoms with Crippen molar-refractivity contribution >= 4 is 67.1 Å². The molecule has 149 heavy (non-hydrogen) atoms. The number of alkyl halides is 5. The van der Waals surface area contributed by atoms with E-state index in [1.165, 1.54) is 120 Å². The lowest BCUT2D eigenvalue weighted by atomic mass is 9.97. The maximum absolute atomic E-state index is 14.3. The molecule has 5 aromatic carbocycles. The number of carbonyl (C=O) groups is 2. The number of hydrogen-bond donors (Lipinski definition) is 9. The van der Waals surface area contributed by atoms with Gasteiger partial charge in [0.25, 0.3) is 39.3 Å². The lowest BCUT2D eigenvalue weighted by molar-refractivity contribution is -0.286. The molecule has 0 saturated carbocycles. The molecule has 40 nitrogen and oxygen atoms in total. The minimum atomic E-state index is -4.88. The standard InChI is InChI=1S/C17H12ClF3N4O2.C17H12F2N4O3.2C17H14FN5O2.C17H15FN4O3S.C14H13N5O/c1-8(2)13-14(24-15-10(6-22)7-23-25(15)16(13)26)9-3-4-12(11(18)5-9)27-17(19,20)21;1-8(2)13-14(22-15-10(6-20)7-21-23(15)16(13)24)9-3-4-11-12(5-9)26-17(18,19)25-11;1-8(2)13-14(9-3-10(15(20)24)5-12(18)4-9)22-16-11(6-19)7-21-23(16)17(13)25;1-8(2)13-14(9-3-4-11(15(20)24)12(18)5-9)22-16-10(6-19)7-21-23(16)17(13)25;1-9(2)14-15(10-4-5-13(12(18)6-10)26(3,24)25)21-16-11(7-19)8-20-22(16)17(14)23;1-8(2)11-12(9-3-4-16-6-9)18-13-10(5-15)7-17-19(13)14(11)20/h3-5,7-8,23H,1-2H3;3-5,7-8,21H,1-2H3;2*3-5,7-8,21H,1-2H3,(H2,20,24);4-6,8-9,20H,1-3H3;3-4,6-8,16-17H,1-2H3. The van der Waals surface area contributed by atoms with Gasteiger partial charge in [-0.3, -0.25) is 68.9 Å². The Hall–Kier alpha value is -19.1. The van der Waals surface area contributed by atoms with Crippen LogP contribution in [0, 0.1) is 85.4 Å². The van der Waals surface area contributed by atoms with Crippen LogP contribution in [0.4, 0.5) is 35.1 Å². The molecule has 11 N–H and O–H groups in total. The highest BCUT2D eigenvalue weighted by Gasteiger charge is 2.44. The van der Waals surface area contributed by atoms with E-state index in [9.17, 15) is 97.7 Å². The smallest absolute Gasteiger partial charge is 0.404 e. The Kier molecular flexibility index (Phi) is 29.5. The molecule has 0 bridgehead atoms. The Morgan fingerprint density at radius 3 is 1.01 bits per heavy atom. The zero-order chi connectivity index (χ0) is 109. The number of halogens is 9. The fourth-order valence-corrected chi connectivity index (χ4v) is 17.2. The number of hydrogen-bond acceptors (Lipinski definition) is 25. The molecule has 0 radical (unpaired) electrons. The number of fused-ring (bicyclic) bond motifs is 7. The highest BCUT2D eigenvalue weighted by molar-refractivity contribution is 7.90. The van der Waals surface area contributed by atoms with Crippen LogP contribution < -0.4 is 59.0 Å². The van der Waals surface area contributed by atoms with Crippen LogP contribution in [0.2, 0.25) is 5.02 Å². The van der Waals surface area contributed by atoms with E-state index >= 15 is 0 Å². The molecular weight excluding hydrogens is 1990 g/mol. The molecule has 50 heteroatoms. The van der Waals surface area contributed by atoms with Gasteiger partial charge in [0.15, 0.2) is 55.2 Å². The monoisotopic (exact) mass is 2070 g/mol. The first-order valence-corrected chi connectivity index (χ1v) is 46.7. The van der Waals surface area contributed by atoms with Crippen LogP contribution in [0.5, 0.6) is 17.2 Å². The van der Waals surface area contributed by atoms with Crippen molar-refractivity contribution in [2.75, 3.05) is 6.26 Å². The number of carbonyl (C=O) groups excluding carboxylic acids is 2. The second-order valence-electron chi connectivity index (χ2n) is 34.9. The summed E-state index contributed by atoms with van der Waals surface area (Å²) >= 11 is 5.92. The van der Waals surface area contributed by atoms with E-state index in [0.29, 0.717) is 72.7 Å². The Morgan fingerprint density at radius 2 is 0.711 bits per heavy atom. The summed E-state index contributed by atoms with van der Waals surface area (Å²) in [6.07, 6.45) is 4.24. The lowest BCUT2D eigenvalue weighted by Crippen LogP contribution is -2.25. The van der Waals surface area contributed by atoms with Gasteiger partial charge in [0, 0.05) is 128 Å². The summed E-state index contributed by atoms with van der Waals surface area (Å²) in [6.45, 7) is 21.9. The van der Waals surface area contributed by atoms with E-state index in [1.54, 1.807) is 53.9 Å². The Bertz CT molecular complexity index is 9320. The number of aromatic nitrogens is 19. The van der Waals surface area contributed by atoms with Crippen LogP contribution in [-0.2, 0) is 9.84 Å². The fraction of sp³-hybridized carbons (Fsp3) is 0.212. The van der Waals surface area contributed by atoms with Crippen molar-refractivity contribution in [1.29, 1.82) is 31.6 Å². The number of nitrogens with two attached hydrogens (primary N) is 2. The summed E-state index contributed by atoms with van der Waals surface area (Å²) in [7, 11) is -3.71. The van der Waals surface area contributed by atoms with Crippen molar-refractivity contribution in [2.24, 2.45) is 11.5 Å². The number of H-pyrrole nitrogens is 7. The van der Waals surface area contributed by atoms with Crippen LogP contribution in [0.3, 0.4) is 0 Å². The largest absolute Gasteiger partial charge is 0.586 e. The molecule has 0 fully saturated rings. The zero-order valence-corrected chi connectivity index (χ0v) is 81.7. The predicted octanol–water partition coefficient (Wildman–Crippen LogP) is 15.3. The Labute approximate surface area is 838 Å². The summed E-state index contributed by atoms with van der Waals surface area (Å²) in [4.78, 5) is 128. The number of nitrogens with zero attached hydrogens (tertiary/aromatic N) is 18. The summed E-state index contributed by atoms with van der Waals surface area (Å²) in [5, 5.41) is 70.9. The Balaban J connectivity index is 0.000000141. The molecule has 0 atom stereocenters. The van der Waals surface area contributed by atoms with E-state index in [2.05, 4.69) is 79.7 Å². The van der Waals surface area contributed by atoms with E-state index in [4.69, 9.17) is 38.9 Å². The summed E-state index contributed by atoms with van der Waals surface area (Å²) in [5.41, 5.74) is 17.1. The molecule has 0 saturated heterocycles. The molecule has 2 amide bonds. The highest BCUT2D eigenvalue weighted by Crippen LogP contribution is 2.45. The predicted molar refractivity (Wildman–Crippen MR) is 523 cm³/mol. The maximum Gasteiger partial charge on any atom is 0.586 e. The normalized spacial score (nSPS) is 12.0. The van der Waals surface area contributed by atoms with Crippen molar-refractivity contribution < 1.29 is 67.3 Å². The van der Waals surface area contributed by atoms with Gasteiger partial charge in [-0.2, -0.15) is 31.6 Å². The van der Waals surface area contributed by atoms with Crippen LogP contribution in [0.1, 0.15) is 206 Å². The topological polar surface area (TPSA) is 608 Å². The number of aromatic amines is 7. The van der Waals surface area contributed by atoms with Crippen LogP contribution in [0.15, 0.2) is 180 Å². The first-order valence-electron chi connectivity index (χ1n) is 44.4. The zero-order valence-electron chi connectivity index (χ0n) is 80.1. The number of rotatable bonds is 16. The lowest BCUT2D eigenvalue weighted by Gasteiger charge is -2.14. The van der Waals surface area contributed by atoms with E-state index < -0.39 is 73.5 Å². The van der Waals surface area contributed by atoms with Gasteiger partial charge in [0.05, 0.1) is 44.7 Å². The van der Waals surface area contributed by atoms with Crippen molar-refractivity contribution in [2.45, 2.75) is 136 Å². The molecule has 0 aliphatic carbocycles. The first-order chi connectivity index (χ1) is 70.4. The van der Waals surface area contributed by atoms with Crippen molar-refractivity contribution in [3.05, 3.63) is 309 Å². The van der Waals surface area contributed by atoms with Gasteiger partial charge in [0.2, 0.25) is 5.91 Å². The third kappa shape index (κ3) is 20.9. The number of amides is 2. The third-order valence-electron chi connectivity index (χ3n) is 22.9. The van der Waals surface area contributed by atoms with Gasteiger partial charge < -0.3 is 30.7 Å². The molecule has 13 aromatic heterocycles. The molecule has 1 aliphatic rings. The minimum absolute atomic E-state index is 0.0266. The van der Waals surface area contributed by atoms with Gasteiger partial charge >= 0.3 is 12.7 Å². The number of nitrogens with one attached hydrogen (secondary N) is 7. The number of ether oxygens (including phenoxy) is 3. The third-order valence-corrected chi connectivity index (χ3v) is 24.3. The SMILES string of the molecule is CC(C)c1c(-c2cc(F)cc(C(N)=O)c2)nc2c(C#N)c[nH]n2c1=O.CC(C)c1c(-c2cc[nH]c2)nc2c(C#N)c[nH]n2c1=O.CC(C)c1c(-c2ccc(C(N)=O)c(F)c2)nc2c(C#N)c[nH]n2c1=O.CC(C)c1c(-c2ccc(OC(F)(F)F)c(Cl)c2)nc2c(C#N)c[nH]n2c1=O.CC(C)c1c(-c2ccc(S(C)(=O)=O)c(F)c2)nc2c(C#N)c[nH]n2c1=O.CC(C)c1c(-c2ccc3c(c2)OC(F)(F)O3)nc2c(C#N)c[nH]n2c1=O. The van der Waals surface area contributed by atoms with Gasteiger partial charge in [-0.1, -0.05) is 107 Å². The van der Waals surface area contributed by atoms with Gasteiger partial charge in [-0.15, -0.1) is 22.0 Å².